The van der Waals surface area contributed by atoms with E-state index in [4.69, 9.17) is 14.2 Å². The Bertz CT molecular complexity index is 470. The number of amides is 1. The molecule has 0 saturated heterocycles. The topological polar surface area (TPSA) is 90.9 Å². The zero-order valence-electron chi connectivity index (χ0n) is 14.9. The molecule has 0 aliphatic carbocycles. The smallest absolute Gasteiger partial charge is 0.408 e. The minimum absolute atomic E-state index is 0.185. The summed E-state index contributed by atoms with van der Waals surface area (Å²) in [6, 6.07) is -1.17. The summed E-state index contributed by atoms with van der Waals surface area (Å²) in [4.78, 5) is 35.4. The van der Waals surface area contributed by atoms with Gasteiger partial charge in [0.05, 0.1) is 0 Å². The van der Waals surface area contributed by atoms with Gasteiger partial charge >= 0.3 is 18.0 Å². The van der Waals surface area contributed by atoms with Gasteiger partial charge in [0.25, 0.3) is 0 Å². The molecular formula is C16H27NO6. The van der Waals surface area contributed by atoms with E-state index in [0.29, 0.717) is 0 Å². The fourth-order valence-electron chi connectivity index (χ4n) is 1.27. The molecule has 1 amide bonds. The van der Waals surface area contributed by atoms with Gasteiger partial charge < -0.3 is 19.5 Å². The lowest BCUT2D eigenvalue weighted by Gasteiger charge is -2.26. The zero-order chi connectivity index (χ0) is 18.4. The molecule has 1 N–H and O–H groups in total. The first-order chi connectivity index (χ1) is 10.2. The first-order valence-corrected chi connectivity index (χ1v) is 7.26. The van der Waals surface area contributed by atoms with Crippen molar-refractivity contribution in [3.05, 3.63) is 12.2 Å². The summed E-state index contributed by atoms with van der Waals surface area (Å²) in [5.74, 6) is -1.39. The summed E-state index contributed by atoms with van der Waals surface area (Å²) in [5.41, 5.74) is -1.29. The number of carbonyl (C=O) groups excluding carboxylic acids is 3. The molecule has 23 heavy (non-hydrogen) atoms. The van der Waals surface area contributed by atoms with E-state index in [0.717, 1.165) is 0 Å². The summed E-state index contributed by atoms with van der Waals surface area (Å²) in [6.45, 7) is 14.7. The van der Waals surface area contributed by atoms with Crippen molar-refractivity contribution in [2.24, 2.45) is 0 Å². The number of nitrogens with one attached hydrogen (secondary N) is 1. The second-order valence-electron chi connectivity index (χ2n) is 7.11. The maximum Gasteiger partial charge on any atom is 0.408 e. The molecular weight excluding hydrogens is 302 g/mol. The van der Waals surface area contributed by atoms with E-state index in [2.05, 4.69) is 11.9 Å². The molecule has 0 bridgehead atoms. The Hall–Kier alpha value is -2.05. The standard InChI is InChI=1S/C16H27NO6/c1-10(2)12(18)21-9-11(13(19)22-15(3,4)5)17-14(20)23-16(6,7)8/h11H,1,9H2,2-8H3,(H,17,20)/t11-/m0/s1. The first-order valence-electron chi connectivity index (χ1n) is 7.26. The average molecular weight is 329 g/mol. The van der Waals surface area contributed by atoms with Crippen LogP contribution in [0.5, 0.6) is 0 Å². The number of hydrogen-bond donors (Lipinski definition) is 1. The average Bonchev–Trinajstić information content (AvgIpc) is 2.28. The maximum absolute atomic E-state index is 12.1. The van der Waals surface area contributed by atoms with Crippen molar-refractivity contribution in [3.63, 3.8) is 0 Å². The van der Waals surface area contributed by atoms with Crippen molar-refractivity contribution in [2.75, 3.05) is 6.61 Å². The minimum atomic E-state index is -1.17. The molecule has 7 nitrogen and oxygen atoms in total. The van der Waals surface area contributed by atoms with Crippen molar-refractivity contribution < 1.29 is 28.6 Å². The van der Waals surface area contributed by atoms with Crippen LogP contribution in [-0.2, 0) is 23.8 Å². The molecule has 0 spiro atoms. The van der Waals surface area contributed by atoms with Crippen LogP contribution in [0.4, 0.5) is 4.79 Å². The van der Waals surface area contributed by atoms with Crippen LogP contribution in [0.2, 0.25) is 0 Å². The minimum Gasteiger partial charge on any atom is -0.460 e. The van der Waals surface area contributed by atoms with Gasteiger partial charge in [-0.15, -0.1) is 0 Å². The van der Waals surface area contributed by atoms with E-state index >= 15 is 0 Å². The van der Waals surface area contributed by atoms with Crippen LogP contribution in [-0.4, -0.2) is 41.9 Å². The highest BCUT2D eigenvalue weighted by atomic mass is 16.6. The van der Waals surface area contributed by atoms with E-state index < -0.39 is 35.3 Å². The van der Waals surface area contributed by atoms with Crippen LogP contribution >= 0.6 is 0 Å². The summed E-state index contributed by atoms with van der Waals surface area (Å²) in [5, 5.41) is 2.35. The molecule has 0 aromatic carbocycles. The van der Waals surface area contributed by atoms with Crippen LogP contribution in [0, 0.1) is 0 Å². The third-order valence-electron chi connectivity index (χ3n) is 2.11. The molecule has 0 fully saturated rings. The van der Waals surface area contributed by atoms with E-state index in [9.17, 15) is 14.4 Å². The normalized spacial score (nSPS) is 12.8. The van der Waals surface area contributed by atoms with Gasteiger partial charge in [0.2, 0.25) is 0 Å². The van der Waals surface area contributed by atoms with E-state index in [1.165, 1.54) is 6.92 Å². The maximum atomic E-state index is 12.1. The molecule has 0 aliphatic heterocycles. The number of esters is 2. The Labute approximate surface area is 137 Å². The Balaban J connectivity index is 4.92. The second-order valence-corrected chi connectivity index (χ2v) is 7.11. The van der Waals surface area contributed by atoms with Gasteiger partial charge in [-0.25, -0.2) is 14.4 Å². The lowest BCUT2D eigenvalue weighted by molar-refractivity contribution is -0.160. The quantitative estimate of drug-likeness (QED) is 0.473. The fourth-order valence-corrected chi connectivity index (χ4v) is 1.27. The predicted octanol–water partition coefficient (Wildman–Crippen LogP) is 2.34. The Morgan fingerprint density at radius 2 is 1.48 bits per heavy atom. The summed E-state index contributed by atoms with van der Waals surface area (Å²) >= 11 is 0. The molecule has 7 heteroatoms. The van der Waals surface area contributed by atoms with Gasteiger partial charge in [-0.3, -0.25) is 0 Å². The molecule has 0 aromatic heterocycles. The number of rotatable bonds is 5. The van der Waals surface area contributed by atoms with Crippen LogP contribution in [0.15, 0.2) is 12.2 Å². The molecule has 0 heterocycles. The molecule has 0 saturated carbocycles. The van der Waals surface area contributed by atoms with Gasteiger partial charge in [0.1, 0.15) is 17.8 Å². The Morgan fingerprint density at radius 3 is 1.87 bits per heavy atom. The summed E-state index contributed by atoms with van der Waals surface area (Å²) in [6.07, 6.45) is -0.806. The highest BCUT2D eigenvalue weighted by Gasteiger charge is 2.29. The fraction of sp³-hybridized carbons (Fsp3) is 0.688. The number of alkyl carbamates (subject to hydrolysis) is 1. The lowest BCUT2D eigenvalue weighted by Crippen LogP contribution is -2.48. The Morgan fingerprint density at radius 1 is 1.00 bits per heavy atom. The highest BCUT2D eigenvalue weighted by molar-refractivity contribution is 5.87. The molecule has 132 valence electrons. The third-order valence-corrected chi connectivity index (χ3v) is 2.11. The van der Waals surface area contributed by atoms with E-state index in [1.54, 1.807) is 41.5 Å². The first kappa shape index (κ1) is 20.9. The predicted molar refractivity (Wildman–Crippen MR) is 84.8 cm³/mol. The molecule has 1 atom stereocenters. The van der Waals surface area contributed by atoms with Gasteiger partial charge in [-0.1, -0.05) is 6.58 Å². The molecule has 0 aliphatic rings. The highest BCUT2D eigenvalue weighted by Crippen LogP contribution is 2.11. The van der Waals surface area contributed by atoms with Crippen LogP contribution in [0.3, 0.4) is 0 Å². The largest absolute Gasteiger partial charge is 0.460 e. The number of ether oxygens (including phenoxy) is 3. The van der Waals surface area contributed by atoms with Crippen molar-refractivity contribution in [1.29, 1.82) is 0 Å². The summed E-state index contributed by atoms with van der Waals surface area (Å²) in [7, 11) is 0. The number of hydrogen-bond acceptors (Lipinski definition) is 6. The second kappa shape index (κ2) is 7.99. The van der Waals surface area contributed by atoms with E-state index in [1.807, 2.05) is 0 Å². The summed E-state index contributed by atoms with van der Waals surface area (Å²) < 4.78 is 15.2. The van der Waals surface area contributed by atoms with Crippen molar-refractivity contribution in [1.82, 2.24) is 5.32 Å². The van der Waals surface area contributed by atoms with Crippen molar-refractivity contribution in [3.8, 4) is 0 Å². The van der Waals surface area contributed by atoms with Crippen molar-refractivity contribution >= 4 is 18.0 Å². The monoisotopic (exact) mass is 329 g/mol. The molecule has 0 radical (unpaired) electrons. The lowest BCUT2D eigenvalue weighted by atomic mass is 10.2. The molecule has 0 aromatic rings. The SMILES string of the molecule is C=C(C)C(=O)OC[C@H](NC(=O)OC(C)(C)C)C(=O)OC(C)(C)C. The van der Waals surface area contributed by atoms with Gasteiger partial charge in [-0.05, 0) is 48.5 Å². The van der Waals surface area contributed by atoms with Gasteiger partial charge in [-0.2, -0.15) is 0 Å². The molecule has 0 rings (SSSR count). The van der Waals surface area contributed by atoms with Gasteiger partial charge in [0, 0.05) is 5.57 Å². The van der Waals surface area contributed by atoms with E-state index in [-0.39, 0.29) is 12.2 Å². The number of carbonyl (C=O) groups is 3. The van der Waals surface area contributed by atoms with Crippen molar-refractivity contribution in [2.45, 2.75) is 65.7 Å². The zero-order valence-corrected chi connectivity index (χ0v) is 14.9. The molecule has 0 unspecified atom stereocenters. The van der Waals surface area contributed by atoms with Crippen LogP contribution in [0.1, 0.15) is 48.5 Å². The van der Waals surface area contributed by atoms with Crippen LogP contribution in [0.25, 0.3) is 0 Å². The third kappa shape index (κ3) is 10.3. The van der Waals surface area contributed by atoms with Crippen LogP contribution < -0.4 is 5.32 Å². The van der Waals surface area contributed by atoms with Gasteiger partial charge in [0.15, 0.2) is 6.04 Å². The Kier molecular flexibility index (Phi) is 7.27.